The third-order valence-electron chi connectivity index (χ3n) is 4.19. The van der Waals surface area contributed by atoms with E-state index in [-0.39, 0.29) is 5.41 Å². The Morgan fingerprint density at radius 1 is 1.31 bits per heavy atom. The van der Waals surface area contributed by atoms with Crippen molar-refractivity contribution in [2.75, 3.05) is 19.6 Å². The predicted octanol–water partition coefficient (Wildman–Crippen LogP) is 3.11. The van der Waals surface area contributed by atoms with Crippen LogP contribution in [0.1, 0.15) is 52.9 Å². The second-order valence-electron chi connectivity index (χ2n) is 5.61. The molecule has 0 aromatic rings. The quantitative estimate of drug-likeness (QED) is 0.670. The van der Waals surface area contributed by atoms with Gasteiger partial charge in [0, 0.05) is 12.0 Å². The van der Waals surface area contributed by atoms with Gasteiger partial charge in [0.1, 0.15) is 6.29 Å². The van der Waals surface area contributed by atoms with E-state index in [0.717, 1.165) is 25.2 Å². The van der Waals surface area contributed by atoms with Crippen LogP contribution in [0.2, 0.25) is 0 Å². The van der Waals surface area contributed by atoms with Crippen molar-refractivity contribution in [3.63, 3.8) is 0 Å². The topological polar surface area (TPSA) is 20.3 Å². The van der Waals surface area contributed by atoms with Crippen molar-refractivity contribution in [3.05, 3.63) is 0 Å². The number of rotatable bonds is 5. The summed E-state index contributed by atoms with van der Waals surface area (Å²) < 4.78 is 0. The maximum atomic E-state index is 11.1. The molecule has 0 aliphatic carbocycles. The minimum atomic E-state index is -0.133. The molecule has 1 aliphatic rings. The molecular formula is C14H27NO. The first-order valence-electron chi connectivity index (χ1n) is 6.82. The smallest absolute Gasteiger partial charge is 0.127 e. The molecule has 0 aromatic carbocycles. The summed E-state index contributed by atoms with van der Waals surface area (Å²) in [5, 5.41) is 0. The fourth-order valence-electron chi connectivity index (χ4n) is 2.53. The lowest BCUT2D eigenvalue weighted by Crippen LogP contribution is -2.37. The standard InChI is InChI=1S/C14H27NO/c1-4-13-7-6-9-15(10-8-13)11-14(3,5-2)12-16/h12-13H,4-11H2,1-3H3. The summed E-state index contributed by atoms with van der Waals surface area (Å²) in [6, 6.07) is 0. The maximum Gasteiger partial charge on any atom is 0.127 e. The van der Waals surface area contributed by atoms with Gasteiger partial charge in [0.05, 0.1) is 0 Å². The summed E-state index contributed by atoms with van der Waals surface area (Å²) in [6.45, 7) is 9.80. The zero-order valence-corrected chi connectivity index (χ0v) is 11.2. The van der Waals surface area contributed by atoms with Gasteiger partial charge >= 0.3 is 0 Å². The summed E-state index contributed by atoms with van der Waals surface area (Å²) in [5.41, 5.74) is -0.133. The molecule has 0 radical (unpaired) electrons. The third kappa shape index (κ3) is 3.89. The van der Waals surface area contributed by atoms with Crippen LogP contribution < -0.4 is 0 Å². The van der Waals surface area contributed by atoms with E-state index in [0.29, 0.717) is 0 Å². The second kappa shape index (κ2) is 6.39. The lowest BCUT2D eigenvalue weighted by atomic mass is 9.89. The van der Waals surface area contributed by atoms with Crippen LogP contribution >= 0.6 is 0 Å². The van der Waals surface area contributed by atoms with Gasteiger partial charge in [-0.3, -0.25) is 0 Å². The first-order chi connectivity index (χ1) is 7.63. The van der Waals surface area contributed by atoms with E-state index >= 15 is 0 Å². The average Bonchev–Trinajstić information content (AvgIpc) is 2.54. The van der Waals surface area contributed by atoms with Crippen molar-refractivity contribution in [3.8, 4) is 0 Å². The van der Waals surface area contributed by atoms with Crippen molar-refractivity contribution >= 4 is 6.29 Å². The van der Waals surface area contributed by atoms with E-state index in [4.69, 9.17) is 0 Å². The number of hydrogen-bond donors (Lipinski definition) is 0. The van der Waals surface area contributed by atoms with Crippen LogP contribution in [0.15, 0.2) is 0 Å². The molecule has 1 saturated heterocycles. The van der Waals surface area contributed by atoms with Gasteiger partial charge in [0.25, 0.3) is 0 Å². The Balaban J connectivity index is 2.46. The van der Waals surface area contributed by atoms with Crippen molar-refractivity contribution in [1.82, 2.24) is 4.90 Å². The highest BCUT2D eigenvalue weighted by atomic mass is 16.1. The summed E-state index contributed by atoms with van der Waals surface area (Å²) >= 11 is 0. The van der Waals surface area contributed by atoms with Crippen molar-refractivity contribution in [1.29, 1.82) is 0 Å². The first kappa shape index (κ1) is 13.7. The van der Waals surface area contributed by atoms with Crippen molar-refractivity contribution < 1.29 is 4.79 Å². The highest BCUT2D eigenvalue weighted by molar-refractivity contribution is 5.58. The molecule has 0 saturated carbocycles. The molecule has 0 N–H and O–H groups in total. The van der Waals surface area contributed by atoms with Gasteiger partial charge < -0.3 is 9.69 Å². The molecule has 0 aromatic heterocycles. The van der Waals surface area contributed by atoms with Gasteiger partial charge in [0.15, 0.2) is 0 Å². The second-order valence-corrected chi connectivity index (χ2v) is 5.61. The van der Waals surface area contributed by atoms with Gasteiger partial charge in [-0.25, -0.2) is 0 Å². The lowest BCUT2D eigenvalue weighted by molar-refractivity contribution is -0.116. The average molecular weight is 225 g/mol. The molecule has 0 spiro atoms. The number of aldehydes is 1. The fourth-order valence-corrected chi connectivity index (χ4v) is 2.53. The van der Waals surface area contributed by atoms with E-state index in [1.165, 1.54) is 38.8 Å². The van der Waals surface area contributed by atoms with Gasteiger partial charge in [-0.05, 0) is 44.7 Å². The summed E-state index contributed by atoms with van der Waals surface area (Å²) in [6.07, 6.45) is 7.40. The monoisotopic (exact) mass is 225 g/mol. The van der Waals surface area contributed by atoms with Crippen LogP contribution in [-0.2, 0) is 4.79 Å². The zero-order valence-electron chi connectivity index (χ0n) is 11.2. The molecule has 0 bridgehead atoms. The van der Waals surface area contributed by atoms with Crippen LogP contribution in [-0.4, -0.2) is 30.8 Å². The Hall–Kier alpha value is -0.370. The van der Waals surface area contributed by atoms with E-state index in [1.807, 2.05) is 0 Å². The Morgan fingerprint density at radius 2 is 2.06 bits per heavy atom. The molecule has 1 rings (SSSR count). The maximum absolute atomic E-state index is 11.1. The minimum Gasteiger partial charge on any atom is -0.303 e. The zero-order chi connectivity index (χ0) is 12.0. The number of nitrogens with zero attached hydrogens (tertiary/aromatic N) is 1. The van der Waals surface area contributed by atoms with E-state index in [9.17, 15) is 4.79 Å². The predicted molar refractivity (Wildman–Crippen MR) is 68.5 cm³/mol. The Bertz CT molecular complexity index is 217. The highest BCUT2D eigenvalue weighted by Gasteiger charge is 2.26. The van der Waals surface area contributed by atoms with Gasteiger partial charge in [0.2, 0.25) is 0 Å². The molecule has 2 atom stereocenters. The largest absolute Gasteiger partial charge is 0.303 e. The number of carbonyl (C=O) groups is 1. The minimum absolute atomic E-state index is 0.133. The van der Waals surface area contributed by atoms with Crippen LogP contribution in [0.3, 0.4) is 0 Å². The van der Waals surface area contributed by atoms with Gasteiger partial charge in [-0.2, -0.15) is 0 Å². The van der Waals surface area contributed by atoms with Crippen LogP contribution in [0.5, 0.6) is 0 Å². The van der Waals surface area contributed by atoms with Crippen molar-refractivity contribution in [2.24, 2.45) is 11.3 Å². The summed E-state index contributed by atoms with van der Waals surface area (Å²) in [5.74, 6) is 0.911. The lowest BCUT2D eigenvalue weighted by Gasteiger charge is -2.29. The molecular weight excluding hydrogens is 198 g/mol. The molecule has 2 unspecified atom stereocenters. The summed E-state index contributed by atoms with van der Waals surface area (Å²) in [7, 11) is 0. The SMILES string of the molecule is CCC1CCCN(CC(C)(C=O)CC)CC1. The molecule has 1 aliphatic heterocycles. The van der Waals surface area contributed by atoms with E-state index < -0.39 is 0 Å². The number of carbonyl (C=O) groups excluding carboxylic acids is 1. The molecule has 94 valence electrons. The molecule has 1 fully saturated rings. The summed E-state index contributed by atoms with van der Waals surface area (Å²) in [4.78, 5) is 13.6. The normalized spacial score (nSPS) is 27.1. The Kier molecular flexibility index (Phi) is 5.47. The van der Waals surface area contributed by atoms with Crippen molar-refractivity contribution in [2.45, 2.75) is 52.9 Å². The number of hydrogen-bond acceptors (Lipinski definition) is 2. The van der Waals surface area contributed by atoms with E-state index in [2.05, 4.69) is 25.7 Å². The molecule has 2 heteroatoms. The molecule has 0 amide bonds. The van der Waals surface area contributed by atoms with Gasteiger partial charge in [-0.1, -0.05) is 27.2 Å². The Labute approximate surface area is 100 Å². The fraction of sp³-hybridized carbons (Fsp3) is 0.929. The molecule has 1 heterocycles. The Morgan fingerprint density at radius 3 is 2.62 bits per heavy atom. The van der Waals surface area contributed by atoms with Gasteiger partial charge in [-0.15, -0.1) is 0 Å². The number of likely N-dealkylation sites (tertiary alicyclic amines) is 1. The van der Waals surface area contributed by atoms with Crippen LogP contribution in [0.4, 0.5) is 0 Å². The van der Waals surface area contributed by atoms with Crippen LogP contribution in [0.25, 0.3) is 0 Å². The molecule has 2 nitrogen and oxygen atoms in total. The third-order valence-corrected chi connectivity index (χ3v) is 4.19. The molecule has 16 heavy (non-hydrogen) atoms. The van der Waals surface area contributed by atoms with Crippen LogP contribution in [0, 0.1) is 11.3 Å². The highest BCUT2D eigenvalue weighted by Crippen LogP contribution is 2.24. The first-order valence-corrected chi connectivity index (χ1v) is 6.82. The van der Waals surface area contributed by atoms with E-state index in [1.54, 1.807) is 0 Å².